The Labute approximate surface area is 98.3 Å². The Morgan fingerprint density at radius 2 is 2.18 bits per heavy atom. The van der Waals surface area contributed by atoms with Gasteiger partial charge in [-0.15, -0.1) is 0 Å². The Kier molecular flexibility index (Phi) is 2.26. The van der Waals surface area contributed by atoms with E-state index in [9.17, 15) is 0 Å². The molecule has 3 aromatic rings. The van der Waals surface area contributed by atoms with Crippen molar-refractivity contribution < 1.29 is 4.74 Å². The maximum atomic E-state index is 5.19. The van der Waals surface area contributed by atoms with E-state index >= 15 is 0 Å². The molecule has 0 bridgehead atoms. The summed E-state index contributed by atoms with van der Waals surface area (Å²) in [5, 5.41) is 0. The van der Waals surface area contributed by atoms with Gasteiger partial charge in [-0.05, 0) is 18.2 Å². The molecule has 0 spiro atoms. The van der Waals surface area contributed by atoms with Gasteiger partial charge in [-0.3, -0.25) is 0 Å². The van der Waals surface area contributed by atoms with Crippen LogP contribution in [0.2, 0.25) is 0 Å². The Morgan fingerprint density at radius 3 is 3.06 bits per heavy atom. The van der Waals surface area contributed by atoms with Crippen LogP contribution in [-0.2, 0) is 0 Å². The summed E-state index contributed by atoms with van der Waals surface area (Å²) in [5.41, 5.74) is 3.51. The van der Waals surface area contributed by atoms with Gasteiger partial charge in [0.25, 0.3) is 0 Å². The van der Waals surface area contributed by atoms with Gasteiger partial charge in [-0.2, -0.15) is 0 Å². The number of rotatable bonds is 2. The molecule has 0 saturated heterocycles. The van der Waals surface area contributed by atoms with E-state index in [0.29, 0.717) is 0 Å². The first kappa shape index (κ1) is 9.84. The van der Waals surface area contributed by atoms with Crippen molar-refractivity contribution in [3.8, 4) is 17.0 Å². The molecule has 1 N–H and O–H groups in total. The lowest BCUT2D eigenvalue weighted by molar-refractivity contribution is 0.415. The molecule has 84 valence electrons. The maximum Gasteiger partial charge on any atom is 0.156 e. The molecule has 4 heteroatoms. The summed E-state index contributed by atoms with van der Waals surface area (Å²) in [5.74, 6) is 0.818. The van der Waals surface area contributed by atoms with Crippen LogP contribution in [0.1, 0.15) is 0 Å². The zero-order valence-electron chi connectivity index (χ0n) is 9.34. The summed E-state index contributed by atoms with van der Waals surface area (Å²) in [7, 11) is 1.65. The van der Waals surface area contributed by atoms with Crippen molar-refractivity contribution in [3.05, 3.63) is 42.7 Å². The molecule has 0 amide bonds. The van der Waals surface area contributed by atoms with Gasteiger partial charge in [0.15, 0.2) is 5.65 Å². The van der Waals surface area contributed by atoms with Gasteiger partial charge in [0.1, 0.15) is 11.3 Å². The van der Waals surface area contributed by atoms with E-state index in [1.54, 1.807) is 13.3 Å². The quantitative estimate of drug-likeness (QED) is 0.729. The largest absolute Gasteiger partial charge is 0.497 e. The summed E-state index contributed by atoms with van der Waals surface area (Å²) >= 11 is 0. The lowest BCUT2D eigenvalue weighted by atomic mass is 10.1. The van der Waals surface area contributed by atoms with Gasteiger partial charge >= 0.3 is 0 Å². The lowest BCUT2D eigenvalue weighted by Gasteiger charge is -2.03. The third-order valence-electron chi connectivity index (χ3n) is 2.63. The summed E-state index contributed by atoms with van der Waals surface area (Å²) in [6, 6.07) is 9.70. The summed E-state index contributed by atoms with van der Waals surface area (Å²) in [6.45, 7) is 0. The van der Waals surface area contributed by atoms with Crippen LogP contribution in [-0.4, -0.2) is 22.1 Å². The third-order valence-corrected chi connectivity index (χ3v) is 2.63. The average Bonchev–Trinajstić information content (AvgIpc) is 2.86. The average molecular weight is 225 g/mol. The molecule has 3 rings (SSSR count). The summed E-state index contributed by atoms with van der Waals surface area (Å²) in [6.07, 6.45) is 3.59. The fraction of sp³-hybridized carbons (Fsp3) is 0.0769. The molecule has 0 aliphatic heterocycles. The number of methoxy groups -OCH3 is 1. The number of nitrogens with one attached hydrogen (secondary N) is 1. The standard InChI is InChI=1S/C13H11N3O/c1-17-10-4-2-3-9(7-10)12-8-15-13-11(16-12)5-6-14-13/h2-8H,1H3,(H,14,15). The van der Waals surface area contributed by atoms with Crippen molar-refractivity contribution in [3.63, 3.8) is 0 Å². The van der Waals surface area contributed by atoms with Gasteiger partial charge in [-0.25, -0.2) is 9.97 Å². The van der Waals surface area contributed by atoms with Crippen molar-refractivity contribution in [2.24, 2.45) is 0 Å². The van der Waals surface area contributed by atoms with E-state index in [0.717, 1.165) is 28.2 Å². The van der Waals surface area contributed by atoms with E-state index in [2.05, 4.69) is 15.0 Å². The predicted molar refractivity (Wildman–Crippen MR) is 65.9 cm³/mol. The highest BCUT2D eigenvalue weighted by Crippen LogP contribution is 2.22. The number of aromatic amines is 1. The van der Waals surface area contributed by atoms with E-state index in [4.69, 9.17) is 4.74 Å². The molecule has 0 aliphatic carbocycles. The Morgan fingerprint density at radius 1 is 1.24 bits per heavy atom. The van der Waals surface area contributed by atoms with Crippen LogP contribution in [0.3, 0.4) is 0 Å². The molecule has 0 atom stereocenters. The highest BCUT2D eigenvalue weighted by Gasteiger charge is 2.04. The smallest absolute Gasteiger partial charge is 0.156 e. The van der Waals surface area contributed by atoms with Crippen LogP contribution in [0.25, 0.3) is 22.4 Å². The van der Waals surface area contributed by atoms with Gasteiger partial charge < -0.3 is 9.72 Å². The number of ether oxygens (including phenoxy) is 1. The molecule has 0 aliphatic rings. The maximum absolute atomic E-state index is 5.19. The first-order valence-corrected chi connectivity index (χ1v) is 5.31. The van der Waals surface area contributed by atoms with Crippen LogP contribution in [0.4, 0.5) is 0 Å². The van der Waals surface area contributed by atoms with E-state index in [1.165, 1.54) is 0 Å². The minimum Gasteiger partial charge on any atom is -0.497 e. The van der Waals surface area contributed by atoms with Crippen molar-refractivity contribution in [1.29, 1.82) is 0 Å². The first-order chi connectivity index (χ1) is 8.36. The van der Waals surface area contributed by atoms with Crippen molar-refractivity contribution in [2.45, 2.75) is 0 Å². The van der Waals surface area contributed by atoms with Crippen LogP contribution < -0.4 is 4.74 Å². The first-order valence-electron chi connectivity index (χ1n) is 5.31. The van der Waals surface area contributed by atoms with E-state index < -0.39 is 0 Å². The zero-order chi connectivity index (χ0) is 11.7. The lowest BCUT2D eigenvalue weighted by Crippen LogP contribution is -1.88. The third kappa shape index (κ3) is 1.73. The van der Waals surface area contributed by atoms with Gasteiger partial charge in [0.05, 0.1) is 19.0 Å². The minimum absolute atomic E-state index is 0.802. The second-order valence-electron chi connectivity index (χ2n) is 3.70. The van der Waals surface area contributed by atoms with Crippen molar-refractivity contribution >= 4 is 11.2 Å². The molecule has 0 unspecified atom stereocenters. The highest BCUT2D eigenvalue weighted by molar-refractivity contribution is 5.74. The minimum atomic E-state index is 0.802. The number of fused-ring (bicyclic) bond motifs is 1. The molecule has 0 radical (unpaired) electrons. The SMILES string of the molecule is COc1cccc(-c2cnc3[nH]ccc3n2)c1. The number of hydrogen-bond acceptors (Lipinski definition) is 3. The molecule has 0 fully saturated rings. The molecule has 2 aromatic heterocycles. The second kappa shape index (κ2) is 3.90. The molecule has 17 heavy (non-hydrogen) atoms. The van der Waals surface area contributed by atoms with Crippen LogP contribution in [0.15, 0.2) is 42.7 Å². The Bertz CT molecular complexity index is 660. The number of hydrogen-bond donors (Lipinski definition) is 1. The zero-order valence-corrected chi connectivity index (χ0v) is 9.34. The van der Waals surface area contributed by atoms with Gasteiger partial charge in [0.2, 0.25) is 0 Å². The fourth-order valence-electron chi connectivity index (χ4n) is 1.75. The Balaban J connectivity index is 2.12. The molecule has 4 nitrogen and oxygen atoms in total. The molecular weight excluding hydrogens is 214 g/mol. The van der Waals surface area contributed by atoms with E-state index in [1.807, 2.05) is 36.5 Å². The fourth-order valence-corrected chi connectivity index (χ4v) is 1.75. The second-order valence-corrected chi connectivity index (χ2v) is 3.70. The monoisotopic (exact) mass is 225 g/mol. The van der Waals surface area contributed by atoms with Crippen LogP contribution >= 0.6 is 0 Å². The number of nitrogens with zero attached hydrogens (tertiary/aromatic N) is 2. The van der Waals surface area contributed by atoms with Gasteiger partial charge in [-0.1, -0.05) is 12.1 Å². The molecule has 0 saturated carbocycles. The topological polar surface area (TPSA) is 50.8 Å². The number of H-pyrrole nitrogens is 1. The van der Waals surface area contributed by atoms with E-state index in [-0.39, 0.29) is 0 Å². The number of benzene rings is 1. The molecule has 2 heterocycles. The van der Waals surface area contributed by atoms with Crippen molar-refractivity contribution in [1.82, 2.24) is 15.0 Å². The number of aromatic nitrogens is 3. The van der Waals surface area contributed by atoms with Gasteiger partial charge in [0, 0.05) is 11.8 Å². The molecular formula is C13H11N3O. The predicted octanol–water partition coefficient (Wildman–Crippen LogP) is 2.63. The highest BCUT2D eigenvalue weighted by atomic mass is 16.5. The Hall–Kier alpha value is -2.36. The van der Waals surface area contributed by atoms with Crippen LogP contribution in [0, 0.1) is 0 Å². The summed E-state index contributed by atoms with van der Waals surface area (Å²) < 4.78 is 5.19. The van der Waals surface area contributed by atoms with Crippen LogP contribution in [0.5, 0.6) is 5.75 Å². The molecule has 1 aromatic carbocycles. The van der Waals surface area contributed by atoms with Crippen molar-refractivity contribution in [2.75, 3.05) is 7.11 Å². The summed E-state index contributed by atoms with van der Waals surface area (Å²) in [4.78, 5) is 11.9. The normalized spacial score (nSPS) is 10.6.